The number of nitrogens with one attached hydrogen (secondary N) is 1. The van der Waals surface area contributed by atoms with Crippen molar-refractivity contribution in [3.05, 3.63) is 56.5 Å². The molecule has 3 fully saturated rings. The second-order valence-corrected chi connectivity index (χ2v) is 16.8. The number of nitrogens with zero attached hydrogens (tertiary/aromatic N) is 5. The van der Waals surface area contributed by atoms with E-state index < -0.39 is 0 Å². The second kappa shape index (κ2) is 20.1. The number of amides is 5. The molecule has 4 aliphatic heterocycles. The van der Waals surface area contributed by atoms with Gasteiger partial charge in [0.25, 0.3) is 5.91 Å². The molecule has 0 spiro atoms. The fourth-order valence-electron chi connectivity index (χ4n) is 8.28. The summed E-state index contributed by atoms with van der Waals surface area (Å²) in [5.41, 5.74) is 3.09. The minimum Gasteiger partial charge on any atom is -0.506 e. The largest absolute Gasteiger partial charge is 0.506 e. The molecule has 6 rings (SSSR count). The van der Waals surface area contributed by atoms with E-state index in [0.717, 1.165) is 82.4 Å². The topological polar surface area (TPSA) is 135 Å². The van der Waals surface area contributed by atoms with E-state index in [-0.39, 0.29) is 41.6 Å². The van der Waals surface area contributed by atoms with Gasteiger partial charge in [0, 0.05) is 57.4 Å². The Kier molecular flexibility index (Phi) is 15.7. The maximum Gasteiger partial charge on any atom is 0.409 e. The number of benzene rings is 2. The number of likely N-dealkylation sites (tertiary alicyclic amines) is 3. The van der Waals surface area contributed by atoms with Gasteiger partial charge in [-0.1, -0.05) is 25.1 Å². The highest BCUT2D eigenvalue weighted by molar-refractivity contribution is 9.11. The number of likely N-dealkylation sites (N-methyl/N-ethyl adjacent to an activating group) is 1. The van der Waals surface area contributed by atoms with E-state index in [9.17, 15) is 24.3 Å². The third-order valence-corrected chi connectivity index (χ3v) is 12.9. The van der Waals surface area contributed by atoms with E-state index in [1.807, 2.05) is 47.1 Å². The molecule has 0 bridgehead atoms. The van der Waals surface area contributed by atoms with Gasteiger partial charge >= 0.3 is 12.1 Å². The summed E-state index contributed by atoms with van der Waals surface area (Å²) in [5.74, 6) is 1.62. The third kappa shape index (κ3) is 11.4. The maximum atomic E-state index is 13.0. The van der Waals surface area contributed by atoms with Crippen LogP contribution in [0.25, 0.3) is 0 Å². The average molecular weight is 893 g/mol. The van der Waals surface area contributed by atoms with E-state index in [4.69, 9.17) is 9.57 Å². The minimum absolute atomic E-state index is 0.0103. The van der Waals surface area contributed by atoms with Crippen LogP contribution in [0.2, 0.25) is 0 Å². The second-order valence-electron chi connectivity index (χ2n) is 15.1. The summed E-state index contributed by atoms with van der Waals surface area (Å²) < 4.78 is 6.01. The molecule has 2 aromatic carbocycles. The number of hydrogen-bond donors (Lipinski definition) is 2. The number of fused-ring (bicyclic) bond motifs is 1. The number of para-hydroxylation sites is 1. The van der Waals surface area contributed by atoms with Gasteiger partial charge in [-0.3, -0.25) is 19.3 Å². The molecular weight excluding hydrogens is 836 g/mol. The van der Waals surface area contributed by atoms with Gasteiger partial charge in [-0.25, -0.2) is 14.7 Å². The summed E-state index contributed by atoms with van der Waals surface area (Å²) >= 11 is 6.73. The number of carbonyl (C=O) groups excluding carboxylic acids is 4. The summed E-state index contributed by atoms with van der Waals surface area (Å²) in [6.07, 6.45) is 7.14. The molecule has 2 aromatic rings. The predicted molar refractivity (Wildman–Crippen MR) is 217 cm³/mol. The van der Waals surface area contributed by atoms with Crippen LogP contribution in [0.1, 0.15) is 56.6 Å². The minimum atomic E-state index is -0.286. The number of piperidine rings is 3. The number of ether oxygens (including phenoxy) is 1. The molecule has 0 aliphatic carbocycles. The summed E-state index contributed by atoms with van der Waals surface area (Å²) in [6, 6.07) is 11.8. The molecule has 0 radical (unpaired) electrons. The highest BCUT2D eigenvalue weighted by Gasteiger charge is 2.34. The predicted octanol–water partition coefficient (Wildman–Crippen LogP) is 6.37. The Balaban J connectivity index is 0.000000228. The first kappa shape index (κ1) is 42.7. The van der Waals surface area contributed by atoms with Gasteiger partial charge in [-0.05, 0) is 137 Å². The monoisotopic (exact) mass is 890 g/mol. The fraction of sp³-hybridized carbons (Fsp3) is 0.600. The Bertz CT molecular complexity index is 1620. The van der Waals surface area contributed by atoms with Crippen LogP contribution in [0.4, 0.5) is 15.3 Å². The van der Waals surface area contributed by atoms with Crippen molar-refractivity contribution in [3.8, 4) is 5.75 Å². The Morgan fingerprint density at radius 3 is 2.07 bits per heavy atom. The van der Waals surface area contributed by atoms with Crippen molar-refractivity contribution in [1.82, 2.24) is 24.7 Å². The summed E-state index contributed by atoms with van der Waals surface area (Å²) in [4.78, 5) is 61.9. The van der Waals surface area contributed by atoms with Crippen molar-refractivity contribution < 1.29 is 33.9 Å². The SMILES string of the molecule is COC(=O)N1CCC(N2CCc3ccccc3NC2=O)CC1.CON(C)C(=O)CN1CCC(C2CCN(C(=O)[C@H](C)Cc3cc(Br)c(O)c(Br)c3)CC2)CC1. The summed E-state index contributed by atoms with van der Waals surface area (Å²) in [5, 5.41) is 14.2. The molecule has 5 amide bonds. The number of halogens is 2. The van der Waals surface area contributed by atoms with Gasteiger partial charge in [0.1, 0.15) is 5.75 Å². The standard InChI is InChI=1S/C24H35Br2N3O4.C16H21N3O3/c1-16(12-17-13-20(25)23(31)21(26)14-17)24(32)29-10-6-19(7-11-29)18-4-8-28(9-5-18)15-22(30)27(2)33-3;1-22-16(21)18-9-7-13(8-10-18)19-11-6-12-4-2-3-5-14(12)17-15(19)20/h13-14,16,18-19,31H,4-12,15H2,1-3H3;2-5,13H,6-11H2,1H3,(H,17,20)/t16-;/m1./s1. The lowest BCUT2D eigenvalue weighted by Gasteiger charge is -2.40. The van der Waals surface area contributed by atoms with Gasteiger partial charge < -0.3 is 29.9 Å². The van der Waals surface area contributed by atoms with Crippen LogP contribution in [0.15, 0.2) is 45.3 Å². The number of phenolic OH excluding ortho intramolecular Hbond substituents is 1. The van der Waals surface area contributed by atoms with Gasteiger partial charge in [-0.15, -0.1) is 0 Å². The summed E-state index contributed by atoms with van der Waals surface area (Å²) in [6.45, 7) is 7.93. The molecule has 13 nitrogen and oxygen atoms in total. The van der Waals surface area contributed by atoms with Gasteiger partial charge in [0.2, 0.25) is 5.91 Å². The maximum absolute atomic E-state index is 13.0. The van der Waals surface area contributed by atoms with Crippen LogP contribution in [0.3, 0.4) is 0 Å². The summed E-state index contributed by atoms with van der Waals surface area (Å²) in [7, 11) is 4.55. The zero-order valence-corrected chi connectivity index (χ0v) is 35.6. The molecule has 0 unspecified atom stereocenters. The van der Waals surface area contributed by atoms with Crippen molar-refractivity contribution in [2.24, 2.45) is 17.8 Å². The van der Waals surface area contributed by atoms with Crippen molar-refractivity contribution in [1.29, 1.82) is 0 Å². The first-order chi connectivity index (χ1) is 26.4. The molecule has 55 heavy (non-hydrogen) atoms. The molecule has 4 heterocycles. The van der Waals surface area contributed by atoms with Crippen molar-refractivity contribution in [3.63, 3.8) is 0 Å². The average Bonchev–Trinajstić information content (AvgIpc) is 3.37. The van der Waals surface area contributed by atoms with Gasteiger partial charge in [-0.2, -0.15) is 0 Å². The molecule has 4 aliphatic rings. The lowest BCUT2D eigenvalue weighted by atomic mass is 9.78. The van der Waals surface area contributed by atoms with Crippen LogP contribution in [-0.4, -0.2) is 133 Å². The molecule has 0 aromatic heterocycles. The number of hydroxylamine groups is 2. The van der Waals surface area contributed by atoms with E-state index in [1.54, 1.807) is 11.9 Å². The van der Waals surface area contributed by atoms with Crippen molar-refractivity contribution >= 4 is 61.5 Å². The molecule has 2 N–H and O–H groups in total. The number of hydrogen-bond acceptors (Lipinski definition) is 8. The Labute approximate surface area is 341 Å². The van der Waals surface area contributed by atoms with Crippen LogP contribution in [-0.2, 0) is 32.0 Å². The molecular formula is C40H56Br2N6O7. The van der Waals surface area contributed by atoms with Crippen molar-refractivity contribution in [2.75, 3.05) is 78.9 Å². The lowest BCUT2D eigenvalue weighted by Crippen LogP contribution is -2.50. The van der Waals surface area contributed by atoms with Gasteiger partial charge in [0.15, 0.2) is 0 Å². The Morgan fingerprint density at radius 1 is 0.891 bits per heavy atom. The van der Waals surface area contributed by atoms with E-state index in [1.165, 1.54) is 24.8 Å². The molecule has 1 atom stereocenters. The zero-order valence-electron chi connectivity index (χ0n) is 32.5. The first-order valence-electron chi connectivity index (χ1n) is 19.4. The normalized spacial score (nSPS) is 19.4. The van der Waals surface area contributed by atoms with Crippen LogP contribution in [0.5, 0.6) is 5.75 Å². The fourth-order valence-corrected chi connectivity index (χ4v) is 9.56. The number of anilines is 1. The lowest BCUT2D eigenvalue weighted by molar-refractivity contribution is -0.170. The van der Waals surface area contributed by atoms with Gasteiger partial charge in [0.05, 0.1) is 29.7 Å². The molecule has 3 saturated heterocycles. The highest BCUT2D eigenvalue weighted by atomic mass is 79.9. The first-order valence-corrected chi connectivity index (χ1v) is 20.9. The Morgan fingerprint density at radius 2 is 1.47 bits per heavy atom. The number of aromatic hydroxyl groups is 1. The van der Waals surface area contributed by atoms with Crippen LogP contribution in [0, 0.1) is 17.8 Å². The number of rotatable bonds is 8. The van der Waals surface area contributed by atoms with Crippen molar-refractivity contribution in [2.45, 2.75) is 64.3 Å². The van der Waals surface area contributed by atoms with E-state index in [0.29, 0.717) is 53.4 Å². The molecule has 0 saturated carbocycles. The van der Waals surface area contributed by atoms with Crippen LogP contribution >= 0.6 is 31.9 Å². The van der Waals surface area contributed by atoms with E-state index >= 15 is 0 Å². The highest BCUT2D eigenvalue weighted by Crippen LogP contribution is 2.35. The number of urea groups is 1. The number of methoxy groups -OCH3 is 1. The zero-order chi connectivity index (χ0) is 39.6. The number of carbonyl (C=O) groups is 4. The smallest absolute Gasteiger partial charge is 0.409 e. The third-order valence-electron chi connectivity index (χ3n) is 11.7. The Hall–Kier alpha value is -3.40. The van der Waals surface area contributed by atoms with E-state index in [2.05, 4.69) is 48.1 Å². The molecule has 302 valence electrons. The quantitative estimate of drug-likeness (QED) is 0.292. The number of phenols is 1. The van der Waals surface area contributed by atoms with Crippen LogP contribution < -0.4 is 5.32 Å². The molecule has 15 heteroatoms.